The molecule has 2 heteroatoms. The fourth-order valence-corrected chi connectivity index (χ4v) is 0.432. The molecule has 0 saturated heterocycles. The van der Waals surface area contributed by atoms with Gasteiger partial charge in [0.1, 0.15) is 0 Å². The third kappa shape index (κ3) is 0.978. The van der Waals surface area contributed by atoms with E-state index in [9.17, 15) is 0 Å². The molecule has 0 spiro atoms. The predicted molar refractivity (Wildman–Crippen MR) is 28.5 cm³/mol. The highest BCUT2D eigenvalue weighted by molar-refractivity contribution is 5.19. The van der Waals surface area contributed by atoms with Crippen molar-refractivity contribution in [1.29, 1.82) is 0 Å². The third-order valence-electron chi connectivity index (χ3n) is 0.793. The van der Waals surface area contributed by atoms with E-state index in [1.54, 1.807) is 24.3 Å². The van der Waals surface area contributed by atoms with Crippen LogP contribution in [0.15, 0.2) is 24.3 Å². The molecule has 0 fully saturated rings. The van der Waals surface area contributed by atoms with Crippen molar-refractivity contribution >= 4 is 0 Å². The molecule has 0 amide bonds. The van der Waals surface area contributed by atoms with Gasteiger partial charge in [-0.3, -0.25) is 0 Å². The molecular formula is C6H5O2. The molecule has 8 heavy (non-hydrogen) atoms. The Balaban J connectivity index is 2.83. The van der Waals surface area contributed by atoms with Crippen LogP contribution in [0.1, 0.15) is 0 Å². The molecule has 0 aromatic heterocycles. The molecular weight excluding hydrogens is 104 g/mol. The lowest BCUT2D eigenvalue weighted by molar-refractivity contribution is -0.137. The summed E-state index contributed by atoms with van der Waals surface area (Å²) in [5.41, 5.74) is 0. The maximum absolute atomic E-state index is 8.02. The molecule has 1 rings (SSSR count). The maximum Gasteiger partial charge on any atom is 0.165 e. The maximum atomic E-state index is 8.02. The summed E-state index contributed by atoms with van der Waals surface area (Å²) < 4.78 is 0. The molecule has 1 aromatic carbocycles. The van der Waals surface area contributed by atoms with Gasteiger partial charge in [-0.1, -0.05) is 12.1 Å². The Labute approximate surface area is 47.3 Å². The van der Waals surface area contributed by atoms with E-state index >= 15 is 0 Å². The van der Waals surface area contributed by atoms with Gasteiger partial charge >= 0.3 is 0 Å². The Morgan fingerprint density at radius 2 is 2.00 bits per heavy atom. The summed E-state index contributed by atoms with van der Waals surface area (Å²) in [7, 11) is 0. The Morgan fingerprint density at radius 1 is 1.38 bits per heavy atom. The fraction of sp³-hybridized carbons (Fsp3) is 0. The molecule has 0 aliphatic heterocycles. The first-order chi connectivity index (χ1) is 3.93. The van der Waals surface area contributed by atoms with Crippen LogP contribution in [0.4, 0.5) is 0 Å². The Bertz CT molecular complexity index is 148. The highest BCUT2D eigenvalue weighted by Crippen LogP contribution is 2.04. The lowest BCUT2D eigenvalue weighted by atomic mass is 10.3. The molecule has 0 aliphatic carbocycles. The van der Waals surface area contributed by atoms with Crippen molar-refractivity contribution < 1.29 is 10.1 Å². The molecule has 0 heterocycles. The van der Waals surface area contributed by atoms with Gasteiger partial charge in [0.05, 0.1) is 0 Å². The molecule has 1 N–H and O–H groups in total. The quantitative estimate of drug-likeness (QED) is 0.435. The zero-order valence-corrected chi connectivity index (χ0v) is 4.16. The van der Waals surface area contributed by atoms with Crippen LogP contribution in [-0.4, -0.2) is 5.26 Å². The Morgan fingerprint density at radius 3 is 2.38 bits per heavy atom. The molecule has 0 unspecified atom stereocenters. The second kappa shape index (κ2) is 2.33. The van der Waals surface area contributed by atoms with Crippen molar-refractivity contribution in [3.05, 3.63) is 30.3 Å². The molecule has 0 saturated carbocycles. The van der Waals surface area contributed by atoms with E-state index in [4.69, 9.17) is 5.26 Å². The smallest absolute Gasteiger partial charge is 0.165 e. The third-order valence-corrected chi connectivity index (χ3v) is 0.793. The predicted octanol–water partition coefficient (Wildman–Crippen LogP) is 1.34. The van der Waals surface area contributed by atoms with Crippen LogP contribution in [-0.2, 0) is 0 Å². The lowest BCUT2D eigenvalue weighted by Crippen LogP contribution is -1.80. The summed E-state index contributed by atoms with van der Waals surface area (Å²) in [6.45, 7) is 0. The van der Waals surface area contributed by atoms with Crippen molar-refractivity contribution in [3.63, 3.8) is 0 Å². The van der Waals surface area contributed by atoms with Gasteiger partial charge in [-0.25, -0.2) is 5.26 Å². The van der Waals surface area contributed by atoms with Gasteiger partial charge in [0.2, 0.25) is 0 Å². The highest BCUT2D eigenvalue weighted by Gasteiger charge is 1.83. The Hall–Kier alpha value is -1.02. The first-order valence-corrected chi connectivity index (χ1v) is 2.21. The van der Waals surface area contributed by atoms with Gasteiger partial charge in [-0.05, 0) is 18.2 Å². The average Bonchev–Trinajstić information content (AvgIpc) is 1.90. The number of benzene rings is 1. The average molecular weight is 109 g/mol. The van der Waals surface area contributed by atoms with Crippen LogP contribution < -0.4 is 4.89 Å². The van der Waals surface area contributed by atoms with Crippen molar-refractivity contribution in [2.75, 3.05) is 0 Å². The topological polar surface area (TPSA) is 29.5 Å². The fourth-order valence-electron chi connectivity index (χ4n) is 0.432. The van der Waals surface area contributed by atoms with Crippen molar-refractivity contribution in [1.82, 2.24) is 0 Å². The van der Waals surface area contributed by atoms with E-state index in [-0.39, 0.29) is 0 Å². The van der Waals surface area contributed by atoms with E-state index in [0.29, 0.717) is 5.75 Å². The number of hydrogen-bond acceptors (Lipinski definition) is 2. The normalized spacial score (nSPS) is 8.62. The van der Waals surface area contributed by atoms with Crippen LogP contribution in [0.25, 0.3) is 0 Å². The molecule has 41 valence electrons. The molecule has 0 atom stereocenters. The second-order valence-electron chi connectivity index (χ2n) is 1.33. The first kappa shape index (κ1) is 5.12. The van der Waals surface area contributed by atoms with Gasteiger partial charge < -0.3 is 4.89 Å². The van der Waals surface area contributed by atoms with Crippen molar-refractivity contribution in [3.8, 4) is 5.75 Å². The minimum absolute atomic E-state index is 0.434. The molecule has 1 aromatic rings. The van der Waals surface area contributed by atoms with E-state index in [2.05, 4.69) is 11.0 Å². The highest BCUT2D eigenvalue weighted by atomic mass is 17.1. The van der Waals surface area contributed by atoms with Gasteiger partial charge in [0, 0.05) is 0 Å². The summed E-state index contributed by atoms with van der Waals surface area (Å²) in [6.07, 6.45) is 0. The Kier molecular flexibility index (Phi) is 1.49. The zero-order valence-electron chi connectivity index (χ0n) is 4.16. The van der Waals surface area contributed by atoms with Gasteiger partial charge in [0.15, 0.2) is 5.75 Å². The van der Waals surface area contributed by atoms with E-state index in [1.807, 2.05) is 0 Å². The van der Waals surface area contributed by atoms with E-state index < -0.39 is 0 Å². The summed E-state index contributed by atoms with van der Waals surface area (Å²) >= 11 is 0. The lowest BCUT2D eigenvalue weighted by Gasteiger charge is -1.90. The summed E-state index contributed by atoms with van der Waals surface area (Å²) in [6, 6.07) is 9.31. The minimum atomic E-state index is 0.434. The minimum Gasteiger partial charge on any atom is -0.340 e. The van der Waals surface area contributed by atoms with Gasteiger partial charge in [-0.15, -0.1) is 0 Å². The molecule has 2 nitrogen and oxygen atoms in total. The molecule has 0 aliphatic rings. The molecule has 1 radical (unpaired) electrons. The number of hydrogen-bond donors (Lipinski definition) is 1. The van der Waals surface area contributed by atoms with Gasteiger partial charge in [0.25, 0.3) is 0 Å². The van der Waals surface area contributed by atoms with E-state index in [1.165, 1.54) is 0 Å². The van der Waals surface area contributed by atoms with Crippen LogP contribution in [0, 0.1) is 6.07 Å². The monoisotopic (exact) mass is 109 g/mol. The van der Waals surface area contributed by atoms with Crippen molar-refractivity contribution in [2.45, 2.75) is 0 Å². The van der Waals surface area contributed by atoms with Gasteiger partial charge in [-0.2, -0.15) is 0 Å². The SMILES string of the molecule is OOc1cc[c]cc1. The van der Waals surface area contributed by atoms with Crippen LogP contribution in [0.3, 0.4) is 0 Å². The second-order valence-corrected chi connectivity index (χ2v) is 1.33. The summed E-state index contributed by atoms with van der Waals surface area (Å²) in [4.78, 5) is 3.89. The van der Waals surface area contributed by atoms with Crippen LogP contribution in [0.5, 0.6) is 5.75 Å². The summed E-state index contributed by atoms with van der Waals surface area (Å²) in [5, 5.41) is 8.02. The largest absolute Gasteiger partial charge is 0.340 e. The standard InChI is InChI=1S/C6H5O2/c7-8-6-4-2-1-3-5-6/h2-5,7H. The van der Waals surface area contributed by atoms with Crippen molar-refractivity contribution in [2.24, 2.45) is 0 Å². The summed E-state index contributed by atoms with van der Waals surface area (Å²) in [5.74, 6) is 0.434. The van der Waals surface area contributed by atoms with Crippen LogP contribution >= 0.6 is 0 Å². The van der Waals surface area contributed by atoms with Crippen LogP contribution in [0.2, 0.25) is 0 Å². The molecule has 0 bridgehead atoms. The first-order valence-electron chi connectivity index (χ1n) is 2.21. The number of rotatable bonds is 1. The van der Waals surface area contributed by atoms with E-state index in [0.717, 1.165) is 0 Å². The zero-order chi connectivity index (χ0) is 5.82.